The van der Waals surface area contributed by atoms with Crippen molar-refractivity contribution < 1.29 is 19.4 Å². The van der Waals surface area contributed by atoms with Crippen molar-refractivity contribution in [1.29, 1.82) is 0 Å². The number of nitrogens with one attached hydrogen (secondary N) is 1. The Kier molecular flexibility index (Phi) is 7.00. The van der Waals surface area contributed by atoms with E-state index in [1.807, 2.05) is 97.1 Å². The van der Waals surface area contributed by atoms with Crippen molar-refractivity contribution in [2.45, 2.75) is 25.5 Å². The minimum atomic E-state index is -1.07. The van der Waals surface area contributed by atoms with E-state index in [0.717, 1.165) is 27.5 Å². The Hall–Kier alpha value is -4.12. The highest BCUT2D eigenvalue weighted by Gasteiger charge is 2.21. The van der Waals surface area contributed by atoms with E-state index in [2.05, 4.69) is 5.32 Å². The molecule has 1 atom stereocenters. The summed E-state index contributed by atoms with van der Waals surface area (Å²) in [5.74, 6) is -0.741. The molecule has 5 heteroatoms. The van der Waals surface area contributed by atoms with Gasteiger partial charge < -0.3 is 15.2 Å². The lowest BCUT2D eigenvalue weighted by molar-refractivity contribution is -0.141. The Morgan fingerprint density at radius 3 is 2.27 bits per heavy atom. The van der Waals surface area contributed by atoms with Gasteiger partial charge in [-0.15, -0.1) is 0 Å². The molecule has 0 unspecified atom stereocenters. The largest absolute Gasteiger partial charge is 0.489 e. The second kappa shape index (κ2) is 10.5. The van der Waals surface area contributed by atoms with Crippen molar-refractivity contribution in [3.63, 3.8) is 0 Å². The van der Waals surface area contributed by atoms with Gasteiger partial charge in [0.05, 0.1) is 6.42 Å². The Balaban J connectivity index is 1.37. The molecule has 1 amide bonds. The number of carbonyl (C=O) groups is 2. The summed E-state index contributed by atoms with van der Waals surface area (Å²) in [6.07, 6.45) is 0.288. The van der Waals surface area contributed by atoms with Gasteiger partial charge in [-0.3, -0.25) is 4.79 Å². The lowest BCUT2D eigenvalue weighted by atomic mass is 10.0. The molecule has 166 valence electrons. The summed E-state index contributed by atoms with van der Waals surface area (Å²) in [4.78, 5) is 24.4. The zero-order valence-electron chi connectivity index (χ0n) is 18.1. The molecule has 4 rings (SSSR count). The summed E-state index contributed by atoms with van der Waals surface area (Å²) in [6, 6.07) is 29.8. The first-order valence-electron chi connectivity index (χ1n) is 10.8. The number of fused-ring (bicyclic) bond motifs is 1. The van der Waals surface area contributed by atoms with Crippen LogP contribution in [0.15, 0.2) is 97.1 Å². The molecule has 0 spiro atoms. The molecular formula is C28H25NO4. The van der Waals surface area contributed by atoms with Crippen LogP contribution in [-0.2, 0) is 29.0 Å². The quantitative estimate of drug-likeness (QED) is 0.394. The molecule has 0 saturated carbocycles. The van der Waals surface area contributed by atoms with Gasteiger partial charge >= 0.3 is 5.97 Å². The van der Waals surface area contributed by atoms with Gasteiger partial charge in [-0.05, 0) is 39.6 Å². The van der Waals surface area contributed by atoms with Crippen LogP contribution >= 0.6 is 0 Å². The normalized spacial score (nSPS) is 11.6. The summed E-state index contributed by atoms with van der Waals surface area (Å²) >= 11 is 0. The summed E-state index contributed by atoms with van der Waals surface area (Å²) in [7, 11) is 0. The molecule has 0 bridgehead atoms. The van der Waals surface area contributed by atoms with Gasteiger partial charge in [0.15, 0.2) is 0 Å². The van der Waals surface area contributed by atoms with Crippen LogP contribution in [0.2, 0.25) is 0 Å². The number of hydrogen-bond acceptors (Lipinski definition) is 3. The SMILES string of the molecule is O=C(Cc1ccc2ccccc2c1)N[C@H](Cc1cccc(OCc2ccccc2)c1)C(=O)O. The highest BCUT2D eigenvalue weighted by Crippen LogP contribution is 2.18. The molecule has 4 aromatic rings. The number of rotatable bonds is 9. The summed E-state index contributed by atoms with van der Waals surface area (Å²) < 4.78 is 5.84. The van der Waals surface area contributed by atoms with Crippen LogP contribution in [0.4, 0.5) is 0 Å². The zero-order chi connectivity index (χ0) is 23.0. The maximum absolute atomic E-state index is 12.6. The maximum atomic E-state index is 12.6. The third kappa shape index (κ3) is 6.20. The van der Waals surface area contributed by atoms with Crippen LogP contribution in [0, 0.1) is 0 Å². The van der Waals surface area contributed by atoms with Gasteiger partial charge in [0.25, 0.3) is 0 Å². The molecule has 0 aliphatic heterocycles. The second-order valence-electron chi connectivity index (χ2n) is 7.94. The van der Waals surface area contributed by atoms with Crippen molar-refractivity contribution in [3.05, 3.63) is 114 Å². The molecule has 0 aromatic heterocycles. The van der Waals surface area contributed by atoms with E-state index in [9.17, 15) is 14.7 Å². The number of amides is 1. The third-order valence-electron chi connectivity index (χ3n) is 5.40. The average molecular weight is 440 g/mol. The number of hydrogen-bond donors (Lipinski definition) is 2. The number of aliphatic carboxylic acids is 1. The molecule has 0 fully saturated rings. The predicted octanol–water partition coefficient (Wildman–Crippen LogP) is 4.77. The lowest BCUT2D eigenvalue weighted by Gasteiger charge is -2.16. The monoisotopic (exact) mass is 439 g/mol. The van der Waals surface area contributed by atoms with Crippen molar-refractivity contribution in [2.24, 2.45) is 0 Å². The van der Waals surface area contributed by atoms with E-state index >= 15 is 0 Å². The minimum absolute atomic E-state index is 0.120. The first-order chi connectivity index (χ1) is 16.1. The van der Waals surface area contributed by atoms with E-state index in [4.69, 9.17) is 4.74 Å². The Bertz CT molecular complexity index is 1250. The highest BCUT2D eigenvalue weighted by atomic mass is 16.5. The van der Waals surface area contributed by atoms with Crippen LogP contribution in [-0.4, -0.2) is 23.0 Å². The summed E-state index contributed by atoms with van der Waals surface area (Å²) in [6.45, 7) is 0.426. The predicted molar refractivity (Wildman–Crippen MR) is 128 cm³/mol. The highest BCUT2D eigenvalue weighted by molar-refractivity contribution is 5.87. The first-order valence-corrected chi connectivity index (χ1v) is 10.8. The second-order valence-corrected chi connectivity index (χ2v) is 7.94. The number of ether oxygens (including phenoxy) is 1. The van der Waals surface area contributed by atoms with E-state index in [-0.39, 0.29) is 18.7 Å². The Morgan fingerprint density at radius 2 is 1.48 bits per heavy atom. The van der Waals surface area contributed by atoms with Crippen molar-refractivity contribution in [3.8, 4) is 5.75 Å². The molecule has 0 aliphatic carbocycles. The topological polar surface area (TPSA) is 75.6 Å². The molecule has 0 aliphatic rings. The van der Waals surface area contributed by atoms with Gasteiger partial charge in [-0.2, -0.15) is 0 Å². The van der Waals surface area contributed by atoms with Crippen LogP contribution < -0.4 is 10.1 Å². The van der Waals surface area contributed by atoms with Crippen LogP contribution in [0.5, 0.6) is 5.75 Å². The molecule has 0 saturated heterocycles. The smallest absolute Gasteiger partial charge is 0.326 e. The fraction of sp³-hybridized carbons (Fsp3) is 0.143. The standard InChI is InChI=1S/C28H25NO4/c30-27(18-22-13-14-23-10-4-5-11-24(23)15-22)29-26(28(31)32)17-21-9-6-12-25(16-21)33-19-20-7-2-1-3-8-20/h1-16,26H,17-19H2,(H,29,30)(H,31,32)/t26-/m1/s1. The van der Waals surface area contributed by atoms with Gasteiger partial charge in [-0.1, -0.05) is 84.9 Å². The van der Waals surface area contributed by atoms with Crippen molar-refractivity contribution in [2.75, 3.05) is 0 Å². The molecule has 33 heavy (non-hydrogen) atoms. The lowest BCUT2D eigenvalue weighted by Crippen LogP contribution is -2.43. The van der Waals surface area contributed by atoms with Crippen LogP contribution in [0.25, 0.3) is 10.8 Å². The number of carboxylic acid groups (broad SMARTS) is 1. The van der Waals surface area contributed by atoms with E-state index in [1.165, 1.54) is 0 Å². The van der Waals surface area contributed by atoms with Gasteiger partial charge in [0.2, 0.25) is 5.91 Å². The number of benzene rings is 4. The fourth-order valence-electron chi connectivity index (χ4n) is 3.72. The summed E-state index contributed by atoms with van der Waals surface area (Å²) in [5, 5.41) is 14.5. The molecule has 0 radical (unpaired) electrons. The van der Waals surface area contributed by atoms with E-state index in [1.54, 1.807) is 0 Å². The van der Waals surface area contributed by atoms with E-state index < -0.39 is 12.0 Å². The van der Waals surface area contributed by atoms with Gasteiger partial charge in [-0.25, -0.2) is 4.79 Å². The molecule has 5 nitrogen and oxygen atoms in total. The van der Waals surface area contributed by atoms with E-state index in [0.29, 0.717) is 12.4 Å². The third-order valence-corrected chi connectivity index (χ3v) is 5.40. The number of carbonyl (C=O) groups excluding carboxylic acids is 1. The van der Waals surface area contributed by atoms with Crippen LogP contribution in [0.3, 0.4) is 0 Å². The Labute approximate surface area is 192 Å². The van der Waals surface area contributed by atoms with Crippen molar-refractivity contribution in [1.82, 2.24) is 5.32 Å². The average Bonchev–Trinajstić information content (AvgIpc) is 2.83. The zero-order valence-corrected chi connectivity index (χ0v) is 18.1. The Morgan fingerprint density at radius 1 is 0.758 bits per heavy atom. The van der Waals surface area contributed by atoms with Gasteiger partial charge in [0.1, 0.15) is 18.4 Å². The van der Waals surface area contributed by atoms with Crippen LogP contribution in [0.1, 0.15) is 16.7 Å². The molecule has 2 N–H and O–H groups in total. The molecule has 0 heterocycles. The van der Waals surface area contributed by atoms with Crippen molar-refractivity contribution >= 4 is 22.6 Å². The maximum Gasteiger partial charge on any atom is 0.326 e. The first kappa shape index (κ1) is 22.1. The summed E-state index contributed by atoms with van der Waals surface area (Å²) in [5.41, 5.74) is 2.66. The molecule has 4 aromatic carbocycles. The number of carboxylic acids is 1. The van der Waals surface area contributed by atoms with Gasteiger partial charge in [0, 0.05) is 6.42 Å². The molecular weight excluding hydrogens is 414 g/mol. The minimum Gasteiger partial charge on any atom is -0.489 e. The fourth-order valence-corrected chi connectivity index (χ4v) is 3.72.